The van der Waals surface area contributed by atoms with Crippen LogP contribution in [0.4, 0.5) is 11.4 Å². The molecule has 1 heterocycles. The number of nitro groups is 1. The fraction of sp³-hybridized carbons (Fsp3) is 0.200. The number of ether oxygens (including phenoxy) is 1. The second kappa shape index (κ2) is 8.32. The van der Waals surface area contributed by atoms with Crippen LogP contribution in [0.25, 0.3) is 0 Å². The van der Waals surface area contributed by atoms with Crippen molar-refractivity contribution in [3.8, 4) is 11.5 Å². The van der Waals surface area contributed by atoms with Crippen LogP contribution in [0.1, 0.15) is 24.2 Å². The van der Waals surface area contributed by atoms with E-state index in [9.17, 15) is 14.9 Å². The number of aromatic nitrogens is 2. The van der Waals surface area contributed by atoms with Gasteiger partial charge in [0, 0.05) is 18.3 Å². The van der Waals surface area contributed by atoms with Crippen LogP contribution in [0, 0.1) is 24.0 Å². The van der Waals surface area contributed by atoms with E-state index in [2.05, 4.69) is 10.4 Å². The van der Waals surface area contributed by atoms with Crippen molar-refractivity contribution in [3.05, 3.63) is 75.1 Å². The Bertz CT molecular complexity index is 1040. The lowest BCUT2D eigenvalue weighted by molar-refractivity contribution is -0.384. The monoisotopic (exact) mass is 414 g/mol. The number of hydrogen-bond acceptors (Lipinski definition) is 5. The highest BCUT2D eigenvalue weighted by atomic mass is 35.5. The lowest BCUT2D eigenvalue weighted by atomic mass is 10.2. The molecular formula is C20H19ClN4O4. The van der Waals surface area contributed by atoms with E-state index in [4.69, 9.17) is 16.3 Å². The third-order valence-electron chi connectivity index (χ3n) is 4.26. The van der Waals surface area contributed by atoms with Gasteiger partial charge in [-0.25, -0.2) is 0 Å². The van der Waals surface area contributed by atoms with Crippen LogP contribution in [-0.4, -0.2) is 20.6 Å². The molecule has 2 aromatic carbocycles. The molecular weight excluding hydrogens is 396 g/mol. The largest absolute Gasteiger partial charge is 0.457 e. The third-order valence-corrected chi connectivity index (χ3v) is 4.63. The highest BCUT2D eigenvalue weighted by Crippen LogP contribution is 2.30. The second-order valence-corrected chi connectivity index (χ2v) is 7.00. The molecule has 1 atom stereocenters. The number of carbonyl (C=O) groups is 1. The molecule has 1 aromatic heterocycles. The Kier molecular flexibility index (Phi) is 5.84. The highest BCUT2D eigenvalue weighted by Gasteiger charge is 2.19. The molecule has 150 valence electrons. The molecule has 3 rings (SSSR count). The maximum atomic E-state index is 12.6. The summed E-state index contributed by atoms with van der Waals surface area (Å²) in [6.07, 6.45) is 1.56. The van der Waals surface area contributed by atoms with Crippen molar-refractivity contribution in [1.82, 2.24) is 9.78 Å². The van der Waals surface area contributed by atoms with Crippen molar-refractivity contribution in [2.45, 2.75) is 26.8 Å². The van der Waals surface area contributed by atoms with E-state index >= 15 is 0 Å². The molecule has 0 spiro atoms. The van der Waals surface area contributed by atoms with Gasteiger partial charge in [-0.05, 0) is 32.9 Å². The molecule has 0 aliphatic heterocycles. The number of carbonyl (C=O) groups excluding carboxylic acids is 1. The van der Waals surface area contributed by atoms with Gasteiger partial charge in [0.15, 0.2) is 0 Å². The van der Waals surface area contributed by atoms with E-state index in [1.807, 2.05) is 19.1 Å². The van der Waals surface area contributed by atoms with Crippen LogP contribution in [0.2, 0.25) is 5.02 Å². The Morgan fingerprint density at radius 2 is 1.90 bits per heavy atom. The zero-order valence-electron chi connectivity index (χ0n) is 16.0. The molecule has 3 aromatic rings. The molecule has 0 fully saturated rings. The summed E-state index contributed by atoms with van der Waals surface area (Å²) in [5.74, 6) is 0.373. The summed E-state index contributed by atoms with van der Waals surface area (Å²) in [7, 11) is 0. The quantitative estimate of drug-likeness (QED) is 0.449. The minimum absolute atomic E-state index is 0.199. The molecule has 8 nitrogen and oxygen atoms in total. The van der Waals surface area contributed by atoms with Crippen molar-refractivity contribution >= 4 is 28.9 Å². The van der Waals surface area contributed by atoms with E-state index in [1.165, 1.54) is 22.9 Å². The van der Waals surface area contributed by atoms with Crippen molar-refractivity contribution in [2.24, 2.45) is 0 Å². The Labute approximate surface area is 172 Å². The minimum Gasteiger partial charge on any atom is -0.457 e. The fourth-order valence-corrected chi connectivity index (χ4v) is 2.72. The molecule has 0 saturated carbocycles. The number of nitrogens with one attached hydrogen (secondary N) is 1. The van der Waals surface area contributed by atoms with Crippen LogP contribution in [0.3, 0.4) is 0 Å². The predicted molar refractivity (Wildman–Crippen MR) is 110 cm³/mol. The number of benzene rings is 2. The molecule has 0 aliphatic carbocycles. The summed E-state index contributed by atoms with van der Waals surface area (Å²) < 4.78 is 7.16. The summed E-state index contributed by atoms with van der Waals surface area (Å²) in [5, 5.41) is 18.6. The third kappa shape index (κ3) is 4.91. The van der Waals surface area contributed by atoms with E-state index in [1.54, 1.807) is 32.2 Å². The van der Waals surface area contributed by atoms with Gasteiger partial charge in [-0.15, -0.1) is 0 Å². The van der Waals surface area contributed by atoms with Gasteiger partial charge in [-0.2, -0.15) is 5.10 Å². The van der Waals surface area contributed by atoms with Crippen molar-refractivity contribution in [3.63, 3.8) is 0 Å². The standard InChI is InChI=1S/C20H19ClN4O4/c1-12-4-6-17(7-5-12)29-18-9-15(8-16(10-18)25(27)28)22-20(26)14(3)24-11-19(21)13(2)23-24/h4-11,14H,1-3H3,(H,22,26). The number of nitrogens with zero attached hydrogens (tertiary/aromatic N) is 3. The first kappa shape index (κ1) is 20.3. The first-order chi connectivity index (χ1) is 13.7. The molecule has 1 unspecified atom stereocenters. The van der Waals surface area contributed by atoms with Gasteiger partial charge in [0.25, 0.3) is 5.69 Å². The predicted octanol–water partition coefficient (Wildman–Crippen LogP) is 5.05. The zero-order valence-corrected chi connectivity index (χ0v) is 16.8. The first-order valence-electron chi connectivity index (χ1n) is 8.79. The molecule has 0 saturated heterocycles. The van der Waals surface area contributed by atoms with Gasteiger partial charge in [0.1, 0.15) is 17.5 Å². The van der Waals surface area contributed by atoms with Gasteiger partial charge in [0.05, 0.1) is 27.4 Å². The number of nitro benzene ring substituents is 1. The fourth-order valence-electron chi connectivity index (χ4n) is 2.59. The number of halogens is 1. The molecule has 1 N–H and O–H groups in total. The highest BCUT2D eigenvalue weighted by molar-refractivity contribution is 6.31. The van der Waals surface area contributed by atoms with Crippen LogP contribution in [-0.2, 0) is 4.79 Å². The van der Waals surface area contributed by atoms with Crippen molar-refractivity contribution in [2.75, 3.05) is 5.32 Å². The molecule has 0 aliphatic rings. The average Bonchev–Trinajstić information content (AvgIpc) is 3.01. The van der Waals surface area contributed by atoms with Gasteiger partial charge in [-0.3, -0.25) is 19.6 Å². The number of anilines is 1. The Morgan fingerprint density at radius 1 is 1.21 bits per heavy atom. The number of amides is 1. The average molecular weight is 415 g/mol. The maximum Gasteiger partial charge on any atom is 0.275 e. The van der Waals surface area contributed by atoms with Gasteiger partial charge in [0.2, 0.25) is 5.91 Å². The van der Waals surface area contributed by atoms with Crippen LogP contribution in [0.15, 0.2) is 48.7 Å². The number of hydrogen-bond donors (Lipinski definition) is 1. The molecule has 29 heavy (non-hydrogen) atoms. The molecule has 9 heteroatoms. The lowest BCUT2D eigenvalue weighted by Crippen LogP contribution is -2.24. The van der Waals surface area contributed by atoms with E-state index in [-0.39, 0.29) is 17.1 Å². The SMILES string of the molecule is Cc1ccc(Oc2cc(NC(=O)C(C)n3cc(Cl)c(C)n3)cc([N+](=O)[O-])c2)cc1. The van der Waals surface area contributed by atoms with E-state index < -0.39 is 16.9 Å². The normalized spacial score (nSPS) is 11.7. The maximum absolute atomic E-state index is 12.6. The summed E-state index contributed by atoms with van der Waals surface area (Å²) in [6.45, 7) is 5.33. The summed E-state index contributed by atoms with van der Waals surface area (Å²) >= 11 is 5.99. The summed E-state index contributed by atoms with van der Waals surface area (Å²) in [5.41, 5.74) is 1.71. The second-order valence-electron chi connectivity index (χ2n) is 6.60. The van der Waals surface area contributed by atoms with E-state index in [0.29, 0.717) is 16.5 Å². The number of aryl methyl sites for hydroxylation is 2. The number of non-ortho nitro benzene ring substituents is 1. The molecule has 0 bridgehead atoms. The smallest absolute Gasteiger partial charge is 0.275 e. The van der Waals surface area contributed by atoms with Gasteiger partial charge in [-0.1, -0.05) is 29.3 Å². The Morgan fingerprint density at radius 3 is 2.48 bits per heavy atom. The van der Waals surface area contributed by atoms with Crippen molar-refractivity contribution < 1.29 is 14.5 Å². The molecule has 0 radical (unpaired) electrons. The van der Waals surface area contributed by atoms with E-state index in [0.717, 1.165) is 5.56 Å². The molecule has 1 amide bonds. The zero-order chi connectivity index (χ0) is 21.1. The van der Waals surface area contributed by atoms with Crippen LogP contribution >= 0.6 is 11.6 Å². The number of rotatable bonds is 6. The van der Waals surface area contributed by atoms with Gasteiger partial charge >= 0.3 is 0 Å². The topological polar surface area (TPSA) is 99.3 Å². The summed E-state index contributed by atoms with van der Waals surface area (Å²) in [6, 6.07) is 10.7. The lowest BCUT2D eigenvalue weighted by Gasteiger charge is -2.14. The first-order valence-corrected chi connectivity index (χ1v) is 9.17. The Hall–Kier alpha value is -3.39. The Balaban J connectivity index is 1.83. The minimum atomic E-state index is -0.665. The van der Waals surface area contributed by atoms with Crippen molar-refractivity contribution in [1.29, 1.82) is 0 Å². The summed E-state index contributed by atoms with van der Waals surface area (Å²) in [4.78, 5) is 23.3. The van der Waals surface area contributed by atoms with Crippen LogP contribution in [0.5, 0.6) is 11.5 Å². The van der Waals surface area contributed by atoms with Crippen LogP contribution < -0.4 is 10.1 Å². The van der Waals surface area contributed by atoms with Gasteiger partial charge < -0.3 is 10.1 Å².